The molecule has 8 nitrogen and oxygen atoms in total. The van der Waals surface area contributed by atoms with Crippen molar-refractivity contribution in [3.05, 3.63) is 76.8 Å². The number of benzene rings is 2. The number of hydrogen-bond donors (Lipinski definition) is 2. The molecule has 0 radical (unpaired) electrons. The van der Waals surface area contributed by atoms with Crippen LogP contribution in [0.4, 0.5) is 19.3 Å². The number of alkyl halides is 2. The number of halogens is 2. The quantitative estimate of drug-likeness (QED) is 0.378. The highest BCUT2D eigenvalue weighted by Gasteiger charge is 2.42. The molecule has 41 heavy (non-hydrogen) atoms. The molecule has 2 N–H and O–H groups in total. The fourth-order valence-electron chi connectivity index (χ4n) is 5.21. The van der Waals surface area contributed by atoms with Crippen molar-refractivity contribution in [3.63, 3.8) is 0 Å². The standard InChI is InChI=1S/C30H30F2N4O4S/c1-19-26(41-27(34-19)21-7-3-2-4-8-21)28(38)36-16-13-30(31,32)23(22-9-5-6-10-24(22)36)17-25(37)33-18-20-11-14-35(15-12-20)29(39)40/h2-10,17,20H,11-16,18H2,1H3,(H,33,37)(H,39,40). The molecule has 5 rings (SSSR count). The fourth-order valence-corrected chi connectivity index (χ4v) is 6.23. The molecular formula is C30H30F2N4O4S. The Morgan fingerprint density at radius 2 is 1.76 bits per heavy atom. The molecule has 0 atom stereocenters. The van der Waals surface area contributed by atoms with Gasteiger partial charge in [-0.2, -0.15) is 0 Å². The smallest absolute Gasteiger partial charge is 0.407 e. The second-order valence-corrected chi connectivity index (χ2v) is 11.2. The van der Waals surface area contributed by atoms with Gasteiger partial charge in [0.25, 0.3) is 11.8 Å². The lowest BCUT2D eigenvalue weighted by Gasteiger charge is -2.29. The summed E-state index contributed by atoms with van der Waals surface area (Å²) in [4.78, 5) is 45.3. The highest BCUT2D eigenvalue weighted by atomic mass is 32.1. The van der Waals surface area contributed by atoms with Gasteiger partial charge in [0.1, 0.15) is 9.88 Å². The summed E-state index contributed by atoms with van der Waals surface area (Å²) in [5, 5.41) is 12.5. The van der Waals surface area contributed by atoms with Crippen LogP contribution in [0.1, 0.15) is 40.2 Å². The number of carbonyl (C=O) groups excluding carboxylic acids is 2. The SMILES string of the molecule is Cc1nc(-c2ccccc2)sc1C(=O)N1CCC(F)(F)C(=CC(=O)NCC2CCN(C(=O)O)CC2)c2ccccc21. The summed E-state index contributed by atoms with van der Waals surface area (Å²) in [6, 6.07) is 15.9. The van der Waals surface area contributed by atoms with Crippen molar-refractivity contribution in [1.29, 1.82) is 0 Å². The Hall–Kier alpha value is -4.12. The van der Waals surface area contributed by atoms with Crippen LogP contribution in [0.2, 0.25) is 0 Å². The second-order valence-electron chi connectivity index (χ2n) is 10.2. The predicted octanol–water partition coefficient (Wildman–Crippen LogP) is 5.69. The number of nitrogens with zero attached hydrogens (tertiary/aromatic N) is 3. The molecule has 0 bridgehead atoms. The maximum absolute atomic E-state index is 15.6. The lowest BCUT2D eigenvalue weighted by molar-refractivity contribution is -0.116. The normalized spacial score (nSPS) is 18.1. The predicted molar refractivity (Wildman–Crippen MR) is 153 cm³/mol. The van der Waals surface area contributed by atoms with E-state index in [4.69, 9.17) is 5.11 Å². The summed E-state index contributed by atoms with van der Waals surface area (Å²) in [5.41, 5.74) is 1.39. The van der Waals surface area contributed by atoms with Crippen LogP contribution in [0.5, 0.6) is 0 Å². The molecule has 1 saturated heterocycles. The zero-order valence-corrected chi connectivity index (χ0v) is 23.3. The Morgan fingerprint density at radius 3 is 2.46 bits per heavy atom. The molecule has 0 aliphatic carbocycles. The average Bonchev–Trinajstić information content (AvgIpc) is 3.32. The molecule has 3 amide bonds. The van der Waals surface area contributed by atoms with E-state index in [1.54, 1.807) is 25.1 Å². The van der Waals surface area contributed by atoms with Crippen LogP contribution in [-0.4, -0.2) is 65.0 Å². The molecule has 0 unspecified atom stereocenters. The van der Waals surface area contributed by atoms with Gasteiger partial charge in [-0.3, -0.25) is 9.59 Å². The van der Waals surface area contributed by atoms with Crippen molar-refractivity contribution >= 4 is 40.5 Å². The number of fused-ring (bicyclic) bond motifs is 1. The van der Waals surface area contributed by atoms with E-state index in [0.717, 1.165) is 11.6 Å². The number of nitrogens with one attached hydrogen (secondary N) is 1. The van der Waals surface area contributed by atoms with Crippen molar-refractivity contribution in [1.82, 2.24) is 15.2 Å². The van der Waals surface area contributed by atoms with Gasteiger partial charge in [-0.25, -0.2) is 18.6 Å². The van der Waals surface area contributed by atoms with Gasteiger partial charge in [0.2, 0.25) is 5.91 Å². The second kappa shape index (κ2) is 11.8. The van der Waals surface area contributed by atoms with Crippen molar-refractivity contribution < 1.29 is 28.3 Å². The van der Waals surface area contributed by atoms with Gasteiger partial charge in [-0.05, 0) is 31.7 Å². The first kappa shape index (κ1) is 28.4. The number of para-hydroxylation sites is 1. The third-order valence-corrected chi connectivity index (χ3v) is 8.71. The van der Waals surface area contributed by atoms with Crippen molar-refractivity contribution in [2.24, 2.45) is 5.92 Å². The third-order valence-electron chi connectivity index (χ3n) is 7.51. The van der Waals surface area contributed by atoms with Crippen molar-refractivity contribution in [2.75, 3.05) is 31.1 Å². The highest BCUT2D eigenvalue weighted by molar-refractivity contribution is 7.17. The number of carbonyl (C=O) groups is 3. The molecule has 0 spiro atoms. The van der Waals surface area contributed by atoms with Crippen molar-refractivity contribution in [2.45, 2.75) is 32.1 Å². The number of carboxylic acid groups (broad SMARTS) is 1. The van der Waals surface area contributed by atoms with Gasteiger partial charge in [-0.15, -0.1) is 11.3 Å². The molecule has 11 heteroatoms. The first-order valence-corrected chi connectivity index (χ1v) is 14.3. The number of hydrogen-bond acceptors (Lipinski definition) is 5. The van der Waals surface area contributed by atoms with Crippen LogP contribution in [0.3, 0.4) is 0 Å². The number of likely N-dealkylation sites (tertiary alicyclic amines) is 1. The van der Waals surface area contributed by atoms with Crippen LogP contribution < -0.4 is 10.2 Å². The first-order valence-electron chi connectivity index (χ1n) is 13.4. The van der Waals surface area contributed by atoms with E-state index in [-0.39, 0.29) is 24.6 Å². The summed E-state index contributed by atoms with van der Waals surface area (Å²) in [7, 11) is 0. The number of thiazole rings is 1. The van der Waals surface area contributed by atoms with E-state index < -0.39 is 35.8 Å². The van der Waals surface area contributed by atoms with Crippen LogP contribution in [0.15, 0.2) is 60.7 Å². The summed E-state index contributed by atoms with van der Waals surface area (Å²) >= 11 is 1.22. The maximum atomic E-state index is 15.6. The zero-order chi connectivity index (χ0) is 29.1. The largest absolute Gasteiger partial charge is 0.465 e. The van der Waals surface area contributed by atoms with E-state index in [0.29, 0.717) is 47.2 Å². The molecule has 1 fully saturated rings. The van der Waals surface area contributed by atoms with Gasteiger partial charge >= 0.3 is 6.09 Å². The Bertz CT molecular complexity index is 1480. The minimum atomic E-state index is -3.35. The van der Waals surface area contributed by atoms with Crippen LogP contribution in [0, 0.1) is 12.8 Å². The molecule has 3 heterocycles. The Labute approximate surface area is 240 Å². The van der Waals surface area contributed by atoms with Crippen molar-refractivity contribution in [3.8, 4) is 10.6 Å². The van der Waals surface area contributed by atoms with E-state index in [9.17, 15) is 14.4 Å². The number of rotatable bonds is 5. The minimum Gasteiger partial charge on any atom is -0.465 e. The Morgan fingerprint density at radius 1 is 1.07 bits per heavy atom. The maximum Gasteiger partial charge on any atom is 0.407 e. The summed E-state index contributed by atoms with van der Waals surface area (Å²) in [6.07, 6.45) is 0.486. The minimum absolute atomic E-state index is 0.0615. The van der Waals surface area contributed by atoms with Crippen LogP contribution in [0.25, 0.3) is 16.1 Å². The van der Waals surface area contributed by atoms with Gasteiger partial charge in [-0.1, -0.05) is 48.5 Å². The van der Waals surface area contributed by atoms with Gasteiger partial charge in [0.15, 0.2) is 0 Å². The zero-order valence-electron chi connectivity index (χ0n) is 22.5. The Balaban J connectivity index is 1.38. The summed E-state index contributed by atoms with van der Waals surface area (Å²) < 4.78 is 31.1. The van der Waals surface area contributed by atoms with E-state index in [1.807, 2.05) is 30.3 Å². The van der Waals surface area contributed by atoms with Gasteiger partial charge < -0.3 is 20.2 Å². The molecular weight excluding hydrogens is 550 g/mol. The number of allylic oxidation sites excluding steroid dienone is 1. The van der Waals surface area contributed by atoms with Gasteiger partial charge in [0, 0.05) is 55.4 Å². The average molecular weight is 581 g/mol. The molecule has 2 aliphatic rings. The molecule has 0 saturated carbocycles. The monoisotopic (exact) mass is 580 g/mol. The number of amides is 3. The molecule has 214 valence electrons. The van der Waals surface area contributed by atoms with E-state index >= 15 is 8.78 Å². The lowest BCUT2D eigenvalue weighted by Crippen LogP contribution is -2.40. The number of aromatic nitrogens is 1. The third kappa shape index (κ3) is 6.14. The highest BCUT2D eigenvalue weighted by Crippen LogP contribution is 2.43. The van der Waals surface area contributed by atoms with Crippen LogP contribution in [-0.2, 0) is 4.79 Å². The number of anilines is 1. The van der Waals surface area contributed by atoms with E-state index in [2.05, 4.69) is 10.3 Å². The van der Waals surface area contributed by atoms with E-state index in [1.165, 1.54) is 27.2 Å². The molecule has 1 aromatic heterocycles. The van der Waals surface area contributed by atoms with Crippen LogP contribution >= 0.6 is 11.3 Å². The molecule has 3 aromatic rings. The summed E-state index contributed by atoms with van der Waals surface area (Å²) in [5.74, 6) is -4.36. The number of piperidine rings is 1. The molecule has 2 aliphatic heterocycles. The lowest BCUT2D eigenvalue weighted by atomic mass is 9.96. The number of aryl methyl sites for hydroxylation is 1. The first-order chi connectivity index (χ1) is 19.6. The Kier molecular flexibility index (Phi) is 8.16. The summed E-state index contributed by atoms with van der Waals surface area (Å²) in [6.45, 7) is 2.51. The molecule has 2 aromatic carbocycles. The topological polar surface area (TPSA) is 103 Å². The fraction of sp³-hybridized carbons (Fsp3) is 0.333. The van der Waals surface area contributed by atoms with Gasteiger partial charge in [0.05, 0.1) is 11.4 Å².